The molecule has 8 heteroatoms. The van der Waals surface area contributed by atoms with Gasteiger partial charge in [0, 0.05) is 32.6 Å². The topological polar surface area (TPSA) is 85.9 Å². The number of nitro groups is 1. The number of rotatable bonds is 4. The van der Waals surface area contributed by atoms with Crippen molar-refractivity contribution in [2.24, 2.45) is 7.05 Å². The van der Waals surface area contributed by atoms with Crippen molar-refractivity contribution in [1.29, 1.82) is 0 Å². The van der Waals surface area contributed by atoms with Crippen molar-refractivity contribution in [3.05, 3.63) is 34.6 Å². The first-order valence-electron chi connectivity index (χ1n) is 5.09. The molecule has 7 nitrogen and oxygen atoms in total. The van der Waals surface area contributed by atoms with Crippen LogP contribution in [0.5, 0.6) is 0 Å². The minimum absolute atomic E-state index is 0.00561. The predicted molar refractivity (Wildman–Crippen MR) is 67.8 cm³/mol. The fraction of sp³-hybridized carbons (Fsp3) is 0.200. The number of aromatic nitrogens is 3. The molecule has 2 aromatic rings. The van der Waals surface area contributed by atoms with E-state index in [4.69, 9.17) is 0 Å². The molecule has 0 atom stereocenters. The molecule has 0 spiro atoms. The Bertz CT molecular complexity index is 583. The summed E-state index contributed by atoms with van der Waals surface area (Å²) in [6, 6.07) is 2.82. The highest BCUT2D eigenvalue weighted by atomic mass is 32.2. The van der Waals surface area contributed by atoms with Crippen molar-refractivity contribution in [1.82, 2.24) is 14.5 Å². The smallest absolute Gasteiger partial charge is 0.275 e. The monoisotopic (exact) mass is 265 g/mol. The van der Waals surface area contributed by atoms with Crippen molar-refractivity contribution in [3.8, 4) is 0 Å². The molecule has 0 amide bonds. The zero-order valence-electron chi connectivity index (χ0n) is 9.82. The maximum Gasteiger partial charge on any atom is 0.275 e. The van der Waals surface area contributed by atoms with Gasteiger partial charge in [-0.2, -0.15) is 0 Å². The molecule has 0 aromatic carbocycles. The highest BCUT2D eigenvalue weighted by molar-refractivity contribution is 7.99. The molecule has 1 N–H and O–H groups in total. The highest BCUT2D eigenvalue weighted by Crippen LogP contribution is 2.28. The SMILES string of the molecule is CNc1cc([N+](=O)[O-])cc(Sc2nccn2C)n1. The summed E-state index contributed by atoms with van der Waals surface area (Å²) in [6.07, 6.45) is 3.47. The Labute approximate surface area is 107 Å². The van der Waals surface area contributed by atoms with Crippen molar-refractivity contribution in [2.75, 3.05) is 12.4 Å². The van der Waals surface area contributed by atoms with Crippen LogP contribution >= 0.6 is 11.8 Å². The lowest BCUT2D eigenvalue weighted by Gasteiger charge is -2.04. The third-order valence-electron chi connectivity index (χ3n) is 2.23. The second-order valence-corrected chi connectivity index (χ2v) is 4.47. The van der Waals surface area contributed by atoms with Gasteiger partial charge in [-0.3, -0.25) is 10.1 Å². The van der Waals surface area contributed by atoms with Crippen LogP contribution < -0.4 is 5.32 Å². The third-order valence-corrected chi connectivity index (χ3v) is 3.22. The number of nitrogens with zero attached hydrogens (tertiary/aromatic N) is 4. The van der Waals surface area contributed by atoms with E-state index in [0.29, 0.717) is 10.8 Å². The van der Waals surface area contributed by atoms with Crippen molar-refractivity contribution >= 4 is 23.3 Å². The van der Waals surface area contributed by atoms with Crippen LogP contribution in [0, 0.1) is 10.1 Å². The number of anilines is 1. The van der Waals surface area contributed by atoms with Gasteiger partial charge in [0.05, 0.1) is 11.0 Å². The van der Waals surface area contributed by atoms with E-state index < -0.39 is 4.92 Å². The molecule has 0 aliphatic heterocycles. The molecule has 0 aliphatic rings. The summed E-state index contributed by atoms with van der Waals surface area (Å²) in [4.78, 5) is 18.8. The second kappa shape index (κ2) is 5.05. The molecule has 0 radical (unpaired) electrons. The van der Waals surface area contributed by atoms with Gasteiger partial charge >= 0.3 is 0 Å². The maximum absolute atomic E-state index is 10.8. The van der Waals surface area contributed by atoms with Crippen LogP contribution in [0.1, 0.15) is 0 Å². The van der Waals surface area contributed by atoms with E-state index in [0.717, 1.165) is 5.16 Å². The van der Waals surface area contributed by atoms with E-state index in [1.165, 1.54) is 23.9 Å². The largest absolute Gasteiger partial charge is 0.373 e. The average Bonchev–Trinajstić information content (AvgIpc) is 2.74. The van der Waals surface area contributed by atoms with Crippen LogP contribution in [0.15, 0.2) is 34.7 Å². The molecule has 2 aromatic heterocycles. The van der Waals surface area contributed by atoms with Crippen LogP contribution in [-0.2, 0) is 7.05 Å². The highest BCUT2D eigenvalue weighted by Gasteiger charge is 2.13. The number of hydrogen-bond donors (Lipinski definition) is 1. The summed E-state index contributed by atoms with van der Waals surface area (Å²) in [6.45, 7) is 0. The maximum atomic E-state index is 10.8. The van der Waals surface area contributed by atoms with Gasteiger partial charge < -0.3 is 9.88 Å². The van der Waals surface area contributed by atoms with Gasteiger partial charge in [0.2, 0.25) is 0 Å². The Hall–Kier alpha value is -2.09. The van der Waals surface area contributed by atoms with Gasteiger partial charge in [-0.1, -0.05) is 0 Å². The minimum Gasteiger partial charge on any atom is -0.373 e. The Kier molecular flexibility index (Phi) is 3.47. The van der Waals surface area contributed by atoms with Gasteiger partial charge in [-0.25, -0.2) is 9.97 Å². The summed E-state index contributed by atoms with van der Waals surface area (Å²) < 4.78 is 1.82. The molecule has 2 heterocycles. The van der Waals surface area contributed by atoms with Crippen LogP contribution in [-0.4, -0.2) is 26.5 Å². The van der Waals surface area contributed by atoms with Crippen LogP contribution in [0.2, 0.25) is 0 Å². The summed E-state index contributed by atoms with van der Waals surface area (Å²) in [5.74, 6) is 0.459. The molecule has 0 bridgehead atoms. The summed E-state index contributed by atoms with van der Waals surface area (Å²) in [5, 5.41) is 14.9. The average molecular weight is 265 g/mol. The summed E-state index contributed by atoms with van der Waals surface area (Å²) >= 11 is 1.28. The standard InChI is InChI=1S/C10H11N5O2S/c1-11-8-5-7(15(16)17)6-9(13-8)18-10-12-3-4-14(10)2/h3-6H,1-2H3,(H,11,13). The first kappa shape index (κ1) is 12.4. The lowest BCUT2D eigenvalue weighted by molar-refractivity contribution is -0.385. The number of nitrogens with one attached hydrogen (secondary N) is 1. The van der Waals surface area contributed by atoms with Gasteiger partial charge in [0.25, 0.3) is 5.69 Å². The van der Waals surface area contributed by atoms with E-state index in [2.05, 4.69) is 15.3 Å². The molecule has 0 unspecified atom stereocenters. The van der Waals surface area contributed by atoms with Crippen LogP contribution in [0.3, 0.4) is 0 Å². The van der Waals surface area contributed by atoms with Crippen molar-refractivity contribution in [2.45, 2.75) is 10.2 Å². The van der Waals surface area contributed by atoms with E-state index in [1.807, 2.05) is 11.6 Å². The zero-order valence-corrected chi connectivity index (χ0v) is 10.6. The van der Waals surface area contributed by atoms with Crippen LogP contribution in [0.25, 0.3) is 0 Å². The number of imidazole rings is 1. The molecule has 0 aliphatic carbocycles. The van der Waals surface area contributed by atoms with Crippen LogP contribution in [0.4, 0.5) is 11.5 Å². The Balaban J connectivity index is 2.35. The molecule has 18 heavy (non-hydrogen) atoms. The number of aryl methyl sites for hydroxylation is 1. The minimum atomic E-state index is -0.439. The Morgan fingerprint density at radius 1 is 1.50 bits per heavy atom. The Morgan fingerprint density at radius 3 is 2.83 bits per heavy atom. The first-order valence-corrected chi connectivity index (χ1v) is 5.91. The fourth-order valence-corrected chi connectivity index (χ4v) is 2.15. The number of pyridine rings is 1. The lowest BCUT2D eigenvalue weighted by Crippen LogP contribution is -1.97. The van der Waals surface area contributed by atoms with E-state index in [9.17, 15) is 10.1 Å². The van der Waals surface area contributed by atoms with Gasteiger partial charge in [0.1, 0.15) is 10.8 Å². The Morgan fingerprint density at radius 2 is 2.28 bits per heavy atom. The van der Waals surface area contributed by atoms with E-state index in [-0.39, 0.29) is 5.69 Å². The fourth-order valence-electron chi connectivity index (χ4n) is 1.32. The van der Waals surface area contributed by atoms with E-state index >= 15 is 0 Å². The molecule has 94 valence electrons. The first-order chi connectivity index (χ1) is 8.60. The normalized spacial score (nSPS) is 10.3. The van der Waals surface area contributed by atoms with Gasteiger partial charge in [-0.15, -0.1) is 0 Å². The lowest BCUT2D eigenvalue weighted by atomic mass is 10.4. The quantitative estimate of drug-likeness (QED) is 0.671. The molecule has 2 rings (SSSR count). The zero-order chi connectivity index (χ0) is 13.1. The van der Waals surface area contributed by atoms with Gasteiger partial charge in [-0.05, 0) is 11.8 Å². The molecular formula is C10H11N5O2S. The van der Waals surface area contributed by atoms with Crippen molar-refractivity contribution in [3.63, 3.8) is 0 Å². The summed E-state index contributed by atoms with van der Waals surface area (Å²) in [7, 11) is 3.52. The number of hydrogen-bond acceptors (Lipinski definition) is 6. The molecule has 0 saturated carbocycles. The second-order valence-electron chi connectivity index (χ2n) is 3.48. The molecular weight excluding hydrogens is 254 g/mol. The van der Waals surface area contributed by atoms with Gasteiger partial charge in [0.15, 0.2) is 5.16 Å². The van der Waals surface area contributed by atoms with E-state index in [1.54, 1.807) is 19.4 Å². The predicted octanol–water partition coefficient (Wildman–Crippen LogP) is 1.92. The van der Waals surface area contributed by atoms with Crippen molar-refractivity contribution < 1.29 is 4.92 Å². The summed E-state index contributed by atoms with van der Waals surface area (Å²) in [5.41, 5.74) is 0.00561. The molecule has 0 fully saturated rings. The third kappa shape index (κ3) is 2.59. The molecule has 0 saturated heterocycles.